The molecule has 94 valence electrons. The van der Waals surface area contributed by atoms with Crippen molar-refractivity contribution in [3.8, 4) is 0 Å². The van der Waals surface area contributed by atoms with Crippen LogP contribution in [0.2, 0.25) is 0 Å². The molecule has 1 heterocycles. The van der Waals surface area contributed by atoms with E-state index in [4.69, 9.17) is 0 Å². The third-order valence-electron chi connectivity index (χ3n) is 2.40. The van der Waals surface area contributed by atoms with Gasteiger partial charge in [0.1, 0.15) is 5.82 Å². The number of aryl methyl sites for hydroxylation is 1. The Morgan fingerprint density at radius 3 is 3.00 bits per heavy atom. The first-order valence-electron chi connectivity index (χ1n) is 5.47. The molecule has 5 heteroatoms. The Balaban J connectivity index is 2.30. The third kappa shape index (κ3) is 2.90. The van der Waals surface area contributed by atoms with Crippen molar-refractivity contribution in [1.82, 2.24) is 9.55 Å². The van der Waals surface area contributed by atoms with Crippen LogP contribution in [-0.2, 0) is 6.54 Å². The quantitative estimate of drug-likeness (QED) is 0.665. The highest BCUT2D eigenvalue weighted by atomic mass is 127. The summed E-state index contributed by atoms with van der Waals surface area (Å²) in [5, 5.41) is 3.20. The van der Waals surface area contributed by atoms with Crippen molar-refractivity contribution in [3.63, 3.8) is 0 Å². The maximum absolute atomic E-state index is 13.0. The van der Waals surface area contributed by atoms with Crippen molar-refractivity contribution in [2.45, 2.75) is 13.5 Å². The fourth-order valence-corrected chi connectivity index (χ4v) is 2.25. The Hall–Kier alpha value is -1.37. The Labute approximate surface area is 119 Å². The van der Waals surface area contributed by atoms with Gasteiger partial charge in [-0.2, -0.15) is 0 Å². The summed E-state index contributed by atoms with van der Waals surface area (Å²) in [5.41, 5.74) is 1.77. The molecule has 0 aliphatic heterocycles. The van der Waals surface area contributed by atoms with E-state index < -0.39 is 0 Å². The van der Waals surface area contributed by atoms with Crippen molar-refractivity contribution < 1.29 is 4.39 Å². The van der Waals surface area contributed by atoms with E-state index in [1.807, 2.05) is 23.8 Å². The van der Waals surface area contributed by atoms with E-state index in [1.165, 1.54) is 12.1 Å². The van der Waals surface area contributed by atoms with E-state index >= 15 is 0 Å². The number of halogens is 2. The minimum atomic E-state index is -0.240. The van der Waals surface area contributed by atoms with Crippen LogP contribution in [0.3, 0.4) is 0 Å². The van der Waals surface area contributed by atoms with Crippen molar-refractivity contribution in [1.29, 1.82) is 0 Å². The molecule has 3 nitrogen and oxygen atoms in total. The highest BCUT2D eigenvalue weighted by molar-refractivity contribution is 14.1. The topological polar surface area (TPSA) is 29.9 Å². The summed E-state index contributed by atoms with van der Waals surface area (Å²) < 4.78 is 15.8. The molecule has 0 atom stereocenters. The number of aromatic nitrogens is 2. The fourth-order valence-electron chi connectivity index (χ4n) is 1.64. The number of hydrogen-bond acceptors (Lipinski definition) is 2. The van der Waals surface area contributed by atoms with Gasteiger partial charge in [-0.1, -0.05) is 6.08 Å². The predicted octanol–water partition coefficient (Wildman–Crippen LogP) is 3.86. The van der Waals surface area contributed by atoms with Gasteiger partial charge in [0.15, 0.2) is 0 Å². The molecule has 0 bridgehead atoms. The molecule has 1 N–H and O–H groups in total. The van der Waals surface area contributed by atoms with Crippen molar-refractivity contribution in [2.75, 3.05) is 5.32 Å². The van der Waals surface area contributed by atoms with Crippen LogP contribution in [0.15, 0.2) is 37.1 Å². The van der Waals surface area contributed by atoms with Crippen LogP contribution < -0.4 is 5.32 Å². The number of allylic oxidation sites excluding steroid dienone is 1. The minimum Gasteiger partial charge on any atom is -0.325 e. The summed E-state index contributed by atoms with van der Waals surface area (Å²) >= 11 is 2.09. The number of benzene rings is 1. The zero-order chi connectivity index (χ0) is 13.1. The lowest BCUT2D eigenvalue weighted by Crippen LogP contribution is -2.03. The minimum absolute atomic E-state index is 0.240. The molecule has 0 unspecified atom stereocenters. The maximum Gasteiger partial charge on any atom is 0.207 e. The molecule has 0 saturated heterocycles. The molecule has 0 radical (unpaired) electrons. The standard InChI is InChI=1S/C13H13FIN3/c1-3-6-18-8-9(2)16-13(18)17-12-5-4-10(14)7-11(12)15/h3-5,7-8H,1,6H2,2H3,(H,16,17). The number of imidazole rings is 1. The van der Waals surface area contributed by atoms with Gasteiger partial charge in [0.2, 0.25) is 5.95 Å². The molecule has 0 aliphatic rings. The van der Waals surface area contributed by atoms with Crippen molar-refractivity contribution in [2.24, 2.45) is 0 Å². The number of anilines is 2. The molecule has 0 spiro atoms. The first-order chi connectivity index (χ1) is 8.60. The summed E-state index contributed by atoms with van der Waals surface area (Å²) in [6, 6.07) is 4.62. The van der Waals surface area contributed by atoms with E-state index in [-0.39, 0.29) is 5.82 Å². The lowest BCUT2D eigenvalue weighted by atomic mass is 10.3. The third-order valence-corrected chi connectivity index (χ3v) is 3.29. The van der Waals surface area contributed by atoms with Gasteiger partial charge in [0.25, 0.3) is 0 Å². The average molecular weight is 357 g/mol. The summed E-state index contributed by atoms with van der Waals surface area (Å²) in [7, 11) is 0. The number of nitrogens with one attached hydrogen (secondary N) is 1. The predicted molar refractivity (Wildman–Crippen MR) is 79.6 cm³/mol. The Morgan fingerprint density at radius 1 is 1.56 bits per heavy atom. The van der Waals surface area contributed by atoms with Crippen LogP contribution in [0.4, 0.5) is 16.0 Å². The summed E-state index contributed by atoms with van der Waals surface area (Å²) in [6.07, 6.45) is 3.75. The van der Waals surface area contributed by atoms with E-state index in [0.29, 0.717) is 6.54 Å². The Morgan fingerprint density at radius 2 is 2.33 bits per heavy atom. The highest BCUT2D eigenvalue weighted by Crippen LogP contribution is 2.23. The molecule has 1 aromatic heterocycles. The van der Waals surface area contributed by atoms with Gasteiger partial charge in [-0.15, -0.1) is 6.58 Å². The van der Waals surface area contributed by atoms with Gasteiger partial charge in [-0.05, 0) is 47.7 Å². The van der Waals surface area contributed by atoms with Gasteiger partial charge < -0.3 is 9.88 Å². The molecule has 2 aromatic rings. The second-order valence-corrected chi connectivity index (χ2v) is 5.06. The van der Waals surface area contributed by atoms with Crippen LogP contribution in [0.1, 0.15) is 5.69 Å². The summed E-state index contributed by atoms with van der Waals surface area (Å²) in [6.45, 7) is 6.33. The molecule has 18 heavy (non-hydrogen) atoms. The second kappa shape index (κ2) is 5.51. The monoisotopic (exact) mass is 357 g/mol. The number of nitrogens with zero attached hydrogens (tertiary/aromatic N) is 2. The molecule has 0 saturated carbocycles. The number of rotatable bonds is 4. The highest BCUT2D eigenvalue weighted by Gasteiger charge is 2.07. The molecule has 0 aliphatic carbocycles. The summed E-state index contributed by atoms with van der Waals surface area (Å²) in [5.74, 6) is 0.493. The maximum atomic E-state index is 13.0. The van der Waals surface area contributed by atoms with Crippen LogP contribution in [0.5, 0.6) is 0 Å². The SMILES string of the molecule is C=CCn1cc(C)nc1Nc1ccc(F)cc1I. The number of hydrogen-bond donors (Lipinski definition) is 1. The van der Waals surface area contributed by atoms with Crippen LogP contribution in [0.25, 0.3) is 0 Å². The Bertz CT molecular complexity index is 578. The lowest BCUT2D eigenvalue weighted by molar-refractivity contribution is 0.627. The fraction of sp³-hybridized carbons (Fsp3) is 0.154. The van der Waals surface area contributed by atoms with Crippen molar-refractivity contribution in [3.05, 3.63) is 52.1 Å². The van der Waals surface area contributed by atoms with Gasteiger partial charge >= 0.3 is 0 Å². The largest absolute Gasteiger partial charge is 0.325 e. The second-order valence-electron chi connectivity index (χ2n) is 3.90. The van der Waals surface area contributed by atoms with E-state index in [0.717, 1.165) is 20.9 Å². The van der Waals surface area contributed by atoms with Gasteiger partial charge in [0.05, 0.1) is 11.4 Å². The molecular formula is C13H13FIN3. The molecule has 0 fully saturated rings. The van der Waals surface area contributed by atoms with E-state index in [2.05, 4.69) is 39.5 Å². The molecule has 0 amide bonds. The van der Waals surface area contributed by atoms with E-state index in [1.54, 1.807) is 6.07 Å². The smallest absolute Gasteiger partial charge is 0.207 e. The molecule has 1 aromatic carbocycles. The van der Waals surface area contributed by atoms with Crippen molar-refractivity contribution >= 4 is 34.2 Å². The first kappa shape index (κ1) is 13.1. The normalized spacial score (nSPS) is 10.4. The first-order valence-corrected chi connectivity index (χ1v) is 6.55. The van der Waals surface area contributed by atoms with Gasteiger partial charge in [0, 0.05) is 16.3 Å². The molecule has 2 rings (SSSR count). The lowest BCUT2D eigenvalue weighted by Gasteiger charge is -2.09. The Kier molecular flexibility index (Phi) is 4.00. The van der Waals surface area contributed by atoms with Crippen LogP contribution in [-0.4, -0.2) is 9.55 Å². The zero-order valence-corrected chi connectivity index (χ0v) is 12.1. The van der Waals surface area contributed by atoms with Gasteiger partial charge in [-0.25, -0.2) is 9.37 Å². The van der Waals surface area contributed by atoms with E-state index in [9.17, 15) is 4.39 Å². The average Bonchev–Trinajstić information content (AvgIpc) is 2.64. The van der Waals surface area contributed by atoms with Crippen LogP contribution >= 0.6 is 22.6 Å². The van der Waals surface area contributed by atoms with Crippen LogP contribution in [0, 0.1) is 16.3 Å². The molecular weight excluding hydrogens is 344 g/mol. The zero-order valence-electron chi connectivity index (χ0n) is 9.95. The summed E-state index contributed by atoms with van der Waals surface area (Å²) in [4.78, 5) is 4.40. The van der Waals surface area contributed by atoms with Gasteiger partial charge in [-0.3, -0.25) is 0 Å².